The van der Waals surface area contributed by atoms with Crippen LogP contribution < -0.4 is 11.1 Å². The van der Waals surface area contributed by atoms with Crippen LogP contribution in [0.3, 0.4) is 0 Å². The molecule has 0 atom stereocenters. The van der Waals surface area contributed by atoms with E-state index in [-0.39, 0.29) is 12.0 Å². The van der Waals surface area contributed by atoms with Crippen LogP contribution in [0.5, 0.6) is 0 Å². The molecule has 1 aromatic heterocycles. The minimum absolute atomic E-state index is 0.00794. The Morgan fingerprint density at radius 2 is 2.22 bits per heavy atom. The van der Waals surface area contributed by atoms with Crippen molar-refractivity contribution >= 4 is 22.4 Å². The average molecular weight is 269 g/mol. The smallest absolute Gasteiger partial charge is 0.226 e. The highest BCUT2D eigenvalue weighted by Gasteiger charge is 2.19. The summed E-state index contributed by atoms with van der Waals surface area (Å²) < 4.78 is 0. The predicted molar refractivity (Wildman–Crippen MR) is 71.2 cm³/mol. The van der Waals surface area contributed by atoms with Crippen molar-refractivity contribution in [2.75, 3.05) is 12.3 Å². The molecule has 1 aromatic rings. The minimum atomic E-state index is -0.144. The standard InChI is InChI=1S/C12H19N3O2S/c13-12-15-9(7-18-12)5-11(17)14-6-8-1-3-10(16)4-2-8/h7-8,10,16H,1-6H2,(H2,13,15)(H,14,17). The molecule has 0 bridgehead atoms. The Labute approximate surface area is 110 Å². The van der Waals surface area contributed by atoms with Gasteiger partial charge in [-0.15, -0.1) is 11.3 Å². The normalized spacial score (nSPS) is 23.8. The average Bonchev–Trinajstić information content (AvgIpc) is 2.74. The summed E-state index contributed by atoms with van der Waals surface area (Å²) in [5.74, 6) is 0.490. The van der Waals surface area contributed by atoms with Crippen molar-refractivity contribution in [3.05, 3.63) is 11.1 Å². The lowest BCUT2D eigenvalue weighted by Gasteiger charge is -2.25. The van der Waals surface area contributed by atoms with Gasteiger partial charge >= 0.3 is 0 Å². The maximum absolute atomic E-state index is 11.7. The molecule has 1 saturated carbocycles. The van der Waals surface area contributed by atoms with Crippen LogP contribution >= 0.6 is 11.3 Å². The van der Waals surface area contributed by atoms with Gasteiger partial charge in [0.1, 0.15) is 0 Å². The van der Waals surface area contributed by atoms with Crippen LogP contribution in [0.15, 0.2) is 5.38 Å². The van der Waals surface area contributed by atoms with Crippen LogP contribution in [0.2, 0.25) is 0 Å². The van der Waals surface area contributed by atoms with E-state index in [0.29, 0.717) is 24.0 Å². The summed E-state index contributed by atoms with van der Waals surface area (Å²) in [4.78, 5) is 15.7. The lowest BCUT2D eigenvalue weighted by molar-refractivity contribution is -0.120. The van der Waals surface area contributed by atoms with Crippen LogP contribution in [0.1, 0.15) is 31.4 Å². The molecule has 0 spiro atoms. The van der Waals surface area contributed by atoms with E-state index in [4.69, 9.17) is 5.73 Å². The summed E-state index contributed by atoms with van der Waals surface area (Å²) in [7, 11) is 0. The van der Waals surface area contributed by atoms with Gasteiger partial charge in [0.2, 0.25) is 5.91 Å². The third-order valence-corrected chi connectivity index (χ3v) is 4.04. The molecule has 2 rings (SSSR count). The van der Waals surface area contributed by atoms with E-state index in [9.17, 15) is 9.90 Å². The quantitative estimate of drug-likeness (QED) is 0.759. The first-order chi connectivity index (χ1) is 8.63. The lowest BCUT2D eigenvalue weighted by Crippen LogP contribution is -2.33. The van der Waals surface area contributed by atoms with Gasteiger partial charge in [-0.3, -0.25) is 4.79 Å². The number of aliphatic hydroxyl groups is 1. The van der Waals surface area contributed by atoms with E-state index in [2.05, 4.69) is 10.3 Å². The molecule has 1 aliphatic carbocycles. The second-order valence-corrected chi connectivity index (χ2v) is 5.72. The molecule has 1 heterocycles. The number of anilines is 1. The Morgan fingerprint density at radius 3 is 2.83 bits per heavy atom. The molecule has 1 fully saturated rings. The molecule has 0 aliphatic heterocycles. The van der Waals surface area contributed by atoms with E-state index < -0.39 is 0 Å². The zero-order chi connectivity index (χ0) is 13.0. The van der Waals surface area contributed by atoms with Gasteiger partial charge in [-0.05, 0) is 31.6 Å². The monoisotopic (exact) mass is 269 g/mol. The topological polar surface area (TPSA) is 88.2 Å². The van der Waals surface area contributed by atoms with E-state index >= 15 is 0 Å². The van der Waals surface area contributed by atoms with Gasteiger partial charge in [0.15, 0.2) is 5.13 Å². The number of rotatable bonds is 4. The number of aromatic nitrogens is 1. The van der Waals surface area contributed by atoms with Crippen LogP contribution in [0.4, 0.5) is 5.13 Å². The molecule has 0 aromatic carbocycles. The molecule has 1 aliphatic rings. The van der Waals surface area contributed by atoms with Crippen molar-refractivity contribution in [3.8, 4) is 0 Å². The summed E-state index contributed by atoms with van der Waals surface area (Å²) in [5.41, 5.74) is 6.24. The number of carbonyl (C=O) groups is 1. The number of nitrogen functional groups attached to an aromatic ring is 1. The van der Waals surface area contributed by atoms with Crippen LogP contribution in [0, 0.1) is 5.92 Å². The minimum Gasteiger partial charge on any atom is -0.393 e. The van der Waals surface area contributed by atoms with Crippen molar-refractivity contribution < 1.29 is 9.90 Å². The van der Waals surface area contributed by atoms with E-state index in [0.717, 1.165) is 31.4 Å². The SMILES string of the molecule is Nc1nc(CC(=O)NCC2CCC(O)CC2)cs1. The highest BCUT2D eigenvalue weighted by Crippen LogP contribution is 2.23. The Morgan fingerprint density at radius 1 is 1.50 bits per heavy atom. The van der Waals surface area contributed by atoms with Crippen molar-refractivity contribution in [3.63, 3.8) is 0 Å². The number of carbonyl (C=O) groups excluding carboxylic acids is 1. The van der Waals surface area contributed by atoms with Crippen molar-refractivity contribution in [1.82, 2.24) is 10.3 Å². The zero-order valence-electron chi connectivity index (χ0n) is 10.3. The second-order valence-electron chi connectivity index (χ2n) is 4.83. The van der Waals surface area contributed by atoms with Crippen molar-refractivity contribution in [1.29, 1.82) is 0 Å². The Balaban J connectivity index is 1.68. The van der Waals surface area contributed by atoms with Crippen molar-refractivity contribution in [2.45, 2.75) is 38.2 Å². The zero-order valence-corrected chi connectivity index (χ0v) is 11.1. The molecule has 0 unspecified atom stereocenters. The van der Waals surface area contributed by atoms with Gasteiger partial charge in [0.25, 0.3) is 0 Å². The number of nitrogens with one attached hydrogen (secondary N) is 1. The summed E-state index contributed by atoms with van der Waals surface area (Å²) in [6.45, 7) is 0.700. The molecule has 4 N–H and O–H groups in total. The molecule has 18 heavy (non-hydrogen) atoms. The molecule has 0 saturated heterocycles. The largest absolute Gasteiger partial charge is 0.393 e. The number of hydrogen-bond donors (Lipinski definition) is 3. The van der Waals surface area contributed by atoms with Crippen molar-refractivity contribution in [2.24, 2.45) is 5.92 Å². The first-order valence-corrected chi connectivity index (χ1v) is 7.16. The van der Waals surface area contributed by atoms with Gasteiger partial charge in [-0.25, -0.2) is 4.98 Å². The number of aliphatic hydroxyl groups excluding tert-OH is 1. The fourth-order valence-corrected chi connectivity index (χ4v) is 2.80. The highest BCUT2D eigenvalue weighted by atomic mass is 32.1. The number of thiazole rings is 1. The number of amides is 1. The Kier molecular flexibility index (Phi) is 4.54. The fraction of sp³-hybridized carbons (Fsp3) is 0.667. The highest BCUT2D eigenvalue weighted by molar-refractivity contribution is 7.13. The molecule has 5 nitrogen and oxygen atoms in total. The fourth-order valence-electron chi connectivity index (χ4n) is 2.24. The lowest BCUT2D eigenvalue weighted by atomic mass is 9.87. The molecular formula is C12H19N3O2S. The summed E-state index contributed by atoms with van der Waals surface area (Å²) in [6.07, 6.45) is 3.83. The van der Waals surface area contributed by atoms with Gasteiger partial charge in [0, 0.05) is 11.9 Å². The first kappa shape index (κ1) is 13.3. The molecule has 0 radical (unpaired) electrons. The van der Waals surface area contributed by atoms with E-state index in [1.165, 1.54) is 11.3 Å². The molecular weight excluding hydrogens is 250 g/mol. The van der Waals surface area contributed by atoms with Crippen LogP contribution in [-0.2, 0) is 11.2 Å². The maximum atomic E-state index is 11.7. The molecule has 6 heteroatoms. The predicted octanol–water partition coefficient (Wildman–Crippen LogP) is 0.935. The Hall–Kier alpha value is -1.14. The van der Waals surface area contributed by atoms with Gasteiger partial charge in [-0.2, -0.15) is 0 Å². The van der Waals surface area contributed by atoms with E-state index in [1.807, 2.05) is 5.38 Å². The summed E-state index contributed by atoms with van der Waals surface area (Å²) >= 11 is 1.35. The summed E-state index contributed by atoms with van der Waals surface area (Å²) in [6, 6.07) is 0. The molecule has 100 valence electrons. The third kappa shape index (κ3) is 3.96. The number of hydrogen-bond acceptors (Lipinski definition) is 5. The Bertz CT molecular complexity index is 400. The molecule has 1 amide bonds. The van der Waals surface area contributed by atoms with Crippen LogP contribution in [0.25, 0.3) is 0 Å². The van der Waals surface area contributed by atoms with Gasteiger partial charge in [0.05, 0.1) is 18.2 Å². The first-order valence-electron chi connectivity index (χ1n) is 6.28. The number of nitrogens with zero attached hydrogens (tertiary/aromatic N) is 1. The second kappa shape index (κ2) is 6.15. The van der Waals surface area contributed by atoms with Gasteiger partial charge < -0.3 is 16.2 Å². The van der Waals surface area contributed by atoms with E-state index in [1.54, 1.807) is 0 Å². The van der Waals surface area contributed by atoms with Crippen LogP contribution in [-0.4, -0.2) is 28.6 Å². The van der Waals surface area contributed by atoms with Gasteiger partial charge in [-0.1, -0.05) is 0 Å². The summed E-state index contributed by atoms with van der Waals surface area (Å²) in [5, 5.41) is 14.6. The maximum Gasteiger partial charge on any atom is 0.226 e. The third-order valence-electron chi connectivity index (χ3n) is 3.32. The number of nitrogens with two attached hydrogens (primary N) is 1.